The second-order valence-electron chi connectivity index (χ2n) is 3.13. The van der Waals surface area contributed by atoms with Crippen molar-refractivity contribution in [2.75, 3.05) is 23.4 Å². The zero-order valence-electron chi connectivity index (χ0n) is 6.55. The summed E-state index contributed by atoms with van der Waals surface area (Å²) < 4.78 is 11.1. The number of carbonyl (C=O) groups is 1. The summed E-state index contributed by atoms with van der Waals surface area (Å²) in [5, 5.41) is 0. The molecule has 0 N–H and O–H groups in total. The van der Waals surface area contributed by atoms with E-state index < -0.39 is 6.16 Å². The first-order valence-electron chi connectivity index (χ1n) is 3.81. The Morgan fingerprint density at radius 3 is 2.75 bits per heavy atom. The summed E-state index contributed by atoms with van der Waals surface area (Å²) in [6.45, 7) is 1.14. The molecule has 0 aromatic rings. The molecule has 0 aromatic heterocycles. The molecule has 0 unspecified atom stereocenters. The Hall–Kier alpha value is 0.350. The molecule has 0 atom stereocenters. The zero-order valence-corrected chi connectivity index (χ0v) is 9.52. The van der Waals surface area contributed by atoms with Gasteiger partial charge in [0.15, 0.2) is 0 Å². The molecule has 2 aliphatic rings. The molecule has 0 saturated carbocycles. The van der Waals surface area contributed by atoms with Crippen LogP contribution in [-0.2, 0) is 9.47 Å². The van der Waals surface area contributed by atoms with E-state index in [0.29, 0.717) is 33.0 Å². The fraction of sp³-hybridized carbons (Fsp3) is 0.857. The van der Waals surface area contributed by atoms with Gasteiger partial charge in [-0.3, -0.25) is 0 Å². The molecule has 2 rings (SSSR count). The Morgan fingerprint density at radius 2 is 2.17 bits per heavy atom. The van der Waals surface area contributed by atoms with E-state index >= 15 is 0 Å². The van der Waals surface area contributed by atoms with Crippen molar-refractivity contribution in [2.24, 2.45) is 5.41 Å². The fourth-order valence-electron chi connectivity index (χ4n) is 1.26. The summed E-state index contributed by atoms with van der Waals surface area (Å²) in [6.07, 6.45) is 0.687. The van der Waals surface area contributed by atoms with Crippen molar-refractivity contribution in [3.63, 3.8) is 0 Å². The van der Waals surface area contributed by atoms with Gasteiger partial charge in [-0.15, -0.1) is 0 Å². The van der Waals surface area contributed by atoms with E-state index in [9.17, 15) is 4.79 Å². The molecule has 0 bridgehead atoms. The van der Waals surface area contributed by atoms with Crippen LogP contribution in [-0.4, -0.2) is 29.5 Å². The maximum absolute atomic E-state index is 10.6. The van der Waals surface area contributed by atoms with Crippen LogP contribution in [0, 0.1) is 5.41 Å². The second-order valence-corrected chi connectivity index (χ2v) is 8.67. The van der Waals surface area contributed by atoms with Crippen LogP contribution in [0.4, 0.5) is 4.79 Å². The number of hydrogen-bond acceptors (Lipinski definition) is 4. The van der Waals surface area contributed by atoms with E-state index in [1.807, 2.05) is 8.93 Å². The number of rotatable bonds is 0. The number of alkyl halides is 1. The van der Waals surface area contributed by atoms with E-state index in [0.717, 1.165) is 5.75 Å². The van der Waals surface area contributed by atoms with Gasteiger partial charge in [0.2, 0.25) is 0 Å². The summed E-state index contributed by atoms with van der Waals surface area (Å²) in [5.41, 5.74) is 0.163. The molecule has 0 aromatic carbocycles. The summed E-state index contributed by atoms with van der Waals surface area (Å²) in [7, 11) is 2.04. The van der Waals surface area contributed by atoms with Crippen molar-refractivity contribution < 1.29 is 34.1 Å². The van der Waals surface area contributed by atoms with Gasteiger partial charge >= 0.3 is 84.4 Å². The standard InChI is InChI=1S/C7H10IO3S/c9-6-10-3-7(4-11-6)1-2-8-12-5-7/h1-5H2/q-1. The van der Waals surface area contributed by atoms with Gasteiger partial charge in [0.1, 0.15) is 0 Å². The maximum atomic E-state index is 10.6. The van der Waals surface area contributed by atoms with Crippen LogP contribution in [0.15, 0.2) is 0 Å². The molecule has 0 amide bonds. The summed E-state index contributed by atoms with van der Waals surface area (Å²) in [4.78, 5) is 10.6. The molecular weight excluding hydrogens is 291 g/mol. The van der Waals surface area contributed by atoms with Gasteiger partial charge in [-0.25, -0.2) is 0 Å². The van der Waals surface area contributed by atoms with Gasteiger partial charge < -0.3 is 0 Å². The Morgan fingerprint density at radius 1 is 1.42 bits per heavy atom. The first kappa shape index (κ1) is 8.93. The van der Waals surface area contributed by atoms with Gasteiger partial charge in [0.05, 0.1) is 0 Å². The molecule has 0 aliphatic carbocycles. The average Bonchev–Trinajstić information content (AvgIpc) is 2.13. The molecule has 1 spiro atoms. The van der Waals surface area contributed by atoms with Crippen LogP contribution >= 0.6 is 8.93 Å². The number of carbonyl (C=O) groups excluding carboxylic acids is 1. The van der Waals surface area contributed by atoms with E-state index in [4.69, 9.17) is 9.47 Å². The van der Waals surface area contributed by atoms with Crippen LogP contribution in [0.1, 0.15) is 6.42 Å². The SMILES string of the molecule is O=C1OCC2(CC[I-]SC2)CO1. The Kier molecular flexibility index (Phi) is 2.69. The molecule has 2 heterocycles. The van der Waals surface area contributed by atoms with E-state index in [1.165, 1.54) is 10.8 Å². The molecule has 2 aliphatic heterocycles. The van der Waals surface area contributed by atoms with Gasteiger partial charge in [-0.2, -0.15) is 0 Å². The molecule has 0 radical (unpaired) electrons. The number of hydrogen-bond donors (Lipinski definition) is 0. The Bertz CT molecular complexity index is 179. The van der Waals surface area contributed by atoms with E-state index in [1.54, 1.807) is 0 Å². The van der Waals surface area contributed by atoms with Crippen LogP contribution in [0.2, 0.25) is 0 Å². The number of cyclic esters (lactones) is 2. The predicted octanol–water partition coefficient (Wildman–Crippen LogP) is -1.72. The molecule has 2 saturated heterocycles. The first-order chi connectivity index (χ1) is 5.81. The van der Waals surface area contributed by atoms with Crippen LogP contribution in [0.25, 0.3) is 0 Å². The van der Waals surface area contributed by atoms with E-state index in [-0.39, 0.29) is 5.41 Å². The monoisotopic (exact) mass is 301 g/mol. The Balaban J connectivity index is 1.96. The predicted molar refractivity (Wildman–Crippen MR) is 41.7 cm³/mol. The van der Waals surface area contributed by atoms with Crippen LogP contribution in [0.5, 0.6) is 0 Å². The van der Waals surface area contributed by atoms with Gasteiger partial charge in [-0.05, 0) is 0 Å². The molecule has 3 nitrogen and oxygen atoms in total. The summed E-state index contributed by atoms with van der Waals surface area (Å²) >= 11 is 0.371. The third-order valence-electron chi connectivity index (χ3n) is 2.13. The minimum absolute atomic E-state index is 0.163. The minimum atomic E-state index is -0.495. The normalized spacial score (nSPS) is 28.5. The van der Waals surface area contributed by atoms with E-state index in [2.05, 4.69) is 0 Å². The quantitative estimate of drug-likeness (QED) is 0.303. The molecule has 12 heavy (non-hydrogen) atoms. The number of halogens is 1. The van der Waals surface area contributed by atoms with Crippen molar-refractivity contribution in [3.05, 3.63) is 0 Å². The van der Waals surface area contributed by atoms with Crippen molar-refractivity contribution >= 4 is 15.1 Å². The van der Waals surface area contributed by atoms with Gasteiger partial charge in [0, 0.05) is 0 Å². The van der Waals surface area contributed by atoms with Gasteiger partial charge in [-0.1, -0.05) is 0 Å². The van der Waals surface area contributed by atoms with Crippen molar-refractivity contribution in [1.29, 1.82) is 0 Å². The average molecular weight is 301 g/mol. The van der Waals surface area contributed by atoms with Crippen molar-refractivity contribution in [3.8, 4) is 0 Å². The first-order valence-corrected chi connectivity index (χ1v) is 8.87. The zero-order chi connectivity index (χ0) is 8.44. The van der Waals surface area contributed by atoms with Gasteiger partial charge in [0.25, 0.3) is 0 Å². The molecule has 5 heteroatoms. The Labute approximate surface area is 84.3 Å². The van der Waals surface area contributed by atoms with Crippen molar-refractivity contribution in [2.45, 2.75) is 6.42 Å². The topological polar surface area (TPSA) is 35.5 Å². The van der Waals surface area contributed by atoms with Crippen LogP contribution in [0.3, 0.4) is 0 Å². The third-order valence-corrected chi connectivity index (χ3v) is 7.28. The summed E-state index contributed by atoms with van der Waals surface area (Å²) in [6, 6.07) is 0. The molecule has 70 valence electrons. The summed E-state index contributed by atoms with van der Waals surface area (Å²) in [5.74, 6) is 1.12. The third kappa shape index (κ3) is 1.81. The molecule has 2 fully saturated rings. The van der Waals surface area contributed by atoms with Crippen LogP contribution < -0.4 is 19.8 Å². The second kappa shape index (κ2) is 3.61. The molecular formula is C7H10IO3S-. The number of ether oxygens (including phenoxy) is 2. The van der Waals surface area contributed by atoms with Crippen molar-refractivity contribution in [1.82, 2.24) is 0 Å². The fourth-order valence-corrected chi connectivity index (χ4v) is 7.44.